The minimum absolute atomic E-state index is 0.109. The number of halogens is 3. The Morgan fingerprint density at radius 3 is 2.56 bits per heavy atom. The molecule has 0 bridgehead atoms. The molecule has 0 radical (unpaired) electrons. The van der Waals surface area contributed by atoms with Crippen LogP contribution in [-0.2, 0) is 4.79 Å². The molecule has 1 saturated heterocycles. The molecule has 2 aromatic rings. The van der Waals surface area contributed by atoms with Gasteiger partial charge in [-0.15, -0.1) is 0 Å². The number of anilines is 2. The van der Waals surface area contributed by atoms with Crippen molar-refractivity contribution in [1.82, 2.24) is 4.90 Å². The lowest BCUT2D eigenvalue weighted by molar-refractivity contribution is -0.119. The van der Waals surface area contributed by atoms with Gasteiger partial charge in [0.05, 0.1) is 5.69 Å². The van der Waals surface area contributed by atoms with Crippen LogP contribution in [0.3, 0.4) is 0 Å². The fraction of sp³-hybridized carbons (Fsp3) is 0.263. The average Bonchev–Trinajstić information content (AvgIpc) is 3.01. The summed E-state index contributed by atoms with van der Waals surface area (Å²) in [6.45, 7) is 2.42. The van der Waals surface area contributed by atoms with Gasteiger partial charge in [0.2, 0.25) is 5.91 Å². The molecule has 3 rings (SSSR count). The van der Waals surface area contributed by atoms with Crippen LogP contribution < -0.4 is 10.6 Å². The second-order valence-electron chi connectivity index (χ2n) is 6.56. The summed E-state index contributed by atoms with van der Waals surface area (Å²) in [7, 11) is 0. The Morgan fingerprint density at radius 1 is 1.19 bits per heavy atom. The molecular weight excluding hydrogens is 484 g/mol. The Balaban J connectivity index is 1.71. The summed E-state index contributed by atoms with van der Waals surface area (Å²) in [5.74, 6) is -0.734. The maximum Gasteiger partial charge on any atom is 0.322 e. The molecule has 8 heteroatoms. The van der Waals surface area contributed by atoms with E-state index in [-0.39, 0.29) is 17.6 Å². The van der Waals surface area contributed by atoms with Crippen molar-refractivity contribution in [2.75, 3.05) is 17.2 Å². The molecule has 5 nitrogen and oxygen atoms in total. The van der Waals surface area contributed by atoms with Gasteiger partial charge in [0.15, 0.2) is 0 Å². The van der Waals surface area contributed by atoms with Crippen LogP contribution in [0.4, 0.5) is 20.6 Å². The Hall–Kier alpha value is -1.87. The van der Waals surface area contributed by atoms with Gasteiger partial charge in [-0.2, -0.15) is 0 Å². The third-order valence-corrected chi connectivity index (χ3v) is 5.28. The summed E-state index contributed by atoms with van der Waals surface area (Å²) in [5.41, 5.74) is 0.699. The van der Waals surface area contributed by atoms with Gasteiger partial charge in [-0.1, -0.05) is 18.5 Å². The first kappa shape index (κ1) is 19.9. The molecule has 0 saturated carbocycles. The highest BCUT2D eigenvalue weighted by Gasteiger charge is 2.38. The van der Waals surface area contributed by atoms with Crippen molar-refractivity contribution in [3.05, 3.63) is 56.9 Å². The van der Waals surface area contributed by atoms with Crippen molar-refractivity contribution < 1.29 is 14.0 Å². The predicted molar refractivity (Wildman–Crippen MR) is 112 cm³/mol. The molecular formula is C19H18ClFIN3O2. The number of urea groups is 1. The van der Waals surface area contributed by atoms with Crippen LogP contribution in [0, 0.1) is 15.3 Å². The fourth-order valence-corrected chi connectivity index (χ4v) is 3.63. The number of benzene rings is 2. The largest absolute Gasteiger partial charge is 0.322 e. The lowest BCUT2D eigenvalue weighted by Gasteiger charge is -2.24. The lowest BCUT2D eigenvalue weighted by atomic mass is 10.1. The van der Waals surface area contributed by atoms with Crippen LogP contribution in [0.2, 0.25) is 5.02 Å². The first-order valence-corrected chi connectivity index (χ1v) is 9.88. The molecule has 2 aromatic carbocycles. The van der Waals surface area contributed by atoms with Gasteiger partial charge in [-0.3, -0.25) is 4.79 Å². The number of amides is 3. The van der Waals surface area contributed by atoms with E-state index in [2.05, 4.69) is 10.6 Å². The van der Waals surface area contributed by atoms with E-state index in [0.29, 0.717) is 23.7 Å². The number of rotatable bonds is 3. The molecule has 27 heavy (non-hydrogen) atoms. The standard InChI is InChI=1S/C19H18ClFIN3O2/c1-11-8-17(18(26)24-16-7-4-13(22)9-15(16)21)25(10-11)19(27)23-14-5-2-12(20)3-6-14/h2-7,9,11,17H,8,10H2,1H3,(H,23,27)(H,24,26)/t11-,17-/m1/s1. The van der Waals surface area contributed by atoms with Crippen molar-refractivity contribution in [2.45, 2.75) is 19.4 Å². The number of hydrogen-bond donors (Lipinski definition) is 2. The smallest absolute Gasteiger partial charge is 0.322 e. The zero-order valence-electron chi connectivity index (χ0n) is 14.5. The van der Waals surface area contributed by atoms with E-state index in [4.69, 9.17) is 11.6 Å². The van der Waals surface area contributed by atoms with Gasteiger partial charge in [-0.25, -0.2) is 9.18 Å². The van der Waals surface area contributed by atoms with Crippen LogP contribution in [0.25, 0.3) is 0 Å². The molecule has 1 fully saturated rings. The first-order valence-electron chi connectivity index (χ1n) is 8.42. The van der Waals surface area contributed by atoms with Gasteiger partial charge >= 0.3 is 6.03 Å². The summed E-state index contributed by atoms with van der Waals surface area (Å²) in [6, 6.07) is 10.3. The highest BCUT2D eigenvalue weighted by Crippen LogP contribution is 2.26. The van der Waals surface area contributed by atoms with Gasteiger partial charge in [0.1, 0.15) is 11.9 Å². The number of hydrogen-bond acceptors (Lipinski definition) is 2. The lowest BCUT2D eigenvalue weighted by Crippen LogP contribution is -2.45. The maximum atomic E-state index is 14.0. The molecule has 3 amide bonds. The molecule has 0 unspecified atom stereocenters. The van der Waals surface area contributed by atoms with E-state index in [0.717, 1.165) is 3.57 Å². The molecule has 0 aliphatic carbocycles. The summed E-state index contributed by atoms with van der Waals surface area (Å²) >= 11 is 7.85. The highest BCUT2D eigenvalue weighted by molar-refractivity contribution is 14.1. The third kappa shape index (κ3) is 4.90. The average molecular weight is 502 g/mol. The Bertz CT molecular complexity index is 863. The highest BCUT2D eigenvalue weighted by atomic mass is 127. The van der Waals surface area contributed by atoms with Crippen LogP contribution in [0.1, 0.15) is 13.3 Å². The molecule has 1 heterocycles. The first-order chi connectivity index (χ1) is 12.8. The van der Waals surface area contributed by atoms with Crippen molar-refractivity contribution in [3.8, 4) is 0 Å². The fourth-order valence-electron chi connectivity index (χ4n) is 3.05. The summed E-state index contributed by atoms with van der Waals surface area (Å²) in [5, 5.41) is 5.94. The molecule has 1 aliphatic rings. The van der Waals surface area contributed by atoms with Crippen LogP contribution >= 0.6 is 34.2 Å². The van der Waals surface area contributed by atoms with E-state index in [1.54, 1.807) is 30.3 Å². The third-order valence-electron chi connectivity index (χ3n) is 4.36. The normalized spacial score (nSPS) is 19.0. The minimum atomic E-state index is -0.661. The van der Waals surface area contributed by atoms with E-state index in [9.17, 15) is 14.0 Å². The second kappa shape index (κ2) is 8.43. The van der Waals surface area contributed by atoms with Crippen molar-refractivity contribution in [3.63, 3.8) is 0 Å². The molecule has 0 spiro atoms. The zero-order chi connectivity index (χ0) is 19.6. The second-order valence-corrected chi connectivity index (χ2v) is 8.24. The number of nitrogens with zero attached hydrogens (tertiary/aromatic N) is 1. The quantitative estimate of drug-likeness (QED) is 0.584. The minimum Gasteiger partial charge on any atom is -0.322 e. The van der Waals surface area contributed by atoms with Gasteiger partial charge < -0.3 is 15.5 Å². The van der Waals surface area contributed by atoms with Gasteiger partial charge in [0, 0.05) is 20.8 Å². The topological polar surface area (TPSA) is 61.4 Å². The summed E-state index contributed by atoms with van der Waals surface area (Å²) in [4.78, 5) is 26.8. The number of carbonyl (C=O) groups is 2. The van der Waals surface area contributed by atoms with Crippen molar-refractivity contribution in [2.24, 2.45) is 5.92 Å². The zero-order valence-corrected chi connectivity index (χ0v) is 17.4. The molecule has 142 valence electrons. The Labute approximate surface area is 175 Å². The molecule has 0 aromatic heterocycles. The van der Waals surface area contributed by atoms with E-state index < -0.39 is 17.8 Å². The van der Waals surface area contributed by atoms with Gasteiger partial charge in [-0.05, 0) is 77.4 Å². The SMILES string of the molecule is C[C@@H]1C[C@H](C(=O)Nc2ccc(I)cc2F)N(C(=O)Nc2ccc(Cl)cc2)C1. The Morgan fingerprint density at radius 2 is 1.89 bits per heavy atom. The maximum absolute atomic E-state index is 14.0. The van der Waals surface area contributed by atoms with Crippen LogP contribution in [-0.4, -0.2) is 29.4 Å². The van der Waals surface area contributed by atoms with E-state index >= 15 is 0 Å². The van der Waals surface area contributed by atoms with E-state index in [1.807, 2.05) is 29.5 Å². The predicted octanol–water partition coefficient (Wildman–Crippen LogP) is 4.96. The summed E-state index contributed by atoms with van der Waals surface area (Å²) in [6.07, 6.45) is 0.520. The molecule has 1 aliphatic heterocycles. The molecule has 2 N–H and O–H groups in total. The van der Waals surface area contributed by atoms with E-state index in [1.165, 1.54) is 17.0 Å². The van der Waals surface area contributed by atoms with Crippen molar-refractivity contribution >= 4 is 57.5 Å². The Kier molecular flexibility index (Phi) is 6.21. The number of carbonyl (C=O) groups excluding carboxylic acids is 2. The van der Waals surface area contributed by atoms with Crippen molar-refractivity contribution in [1.29, 1.82) is 0 Å². The summed E-state index contributed by atoms with van der Waals surface area (Å²) < 4.78 is 14.8. The van der Waals surface area contributed by atoms with Crippen LogP contribution in [0.15, 0.2) is 42.5 Å². The van der Waals surface area contributed by atoms with Gasteiger partial charge in [0.25, 0.3) is 0 Å². The monoisotopic (exact) mass is 501 g/mol. The number of nitrogens with one attached hydrogen (secondary N) is 2. The molecule has 2 atom stereocenters. The number of likely N-dealkylation sites (tertiary alicyclic amines) is 1. The van der Waals surface area contributed by atoms with Crippen LogP contribution in [0.5, 0.6) is 0 Å².